The molecule has 2 fully saturated rings. The molecule has 2 unspecified atom stereocenters. The SMILES string of the molecule is c1ccc(OC2COC3(CCCCCO3)O2)cc1. The van der Waals surface area contributed by atoms with E-state index in [1.807, 2.05) is 30.3 Å². The van der Waals surface area contributed by atoms with Crippen molar-refractivity contribution in [2.45, 2.75) is 37.9 Å². The van der Waals surface area contributed by atoms with Crippen LogP contribution in [0.4, 0.5) is 0 Å². The van der Waals surface area contributed by atoms with E-state index in [0.29, 0.717) is 13.2 Å². The maximum atomic E-state index is 5.81. The third-order valence-corrected chi connectivity index (χ3v) is 3.21. The fourth-order valence-corrected chi connectivity index (χ4v) is 2.30. The van der Waals surface area contributed by atoms with Gasteiger partial charge in [-0.15, -0.1) is 0 Å². The van der Waals surface area contributed by atoms with Crippen LogP contribution in [0.5, 0.6) is 5.75 Å². The maximum absolute atomic E-state index is 5.81. The summed E-state index contributed by atoms with van der Waals surface area (Å²) in [6, 6.07) is 9.63. The summed E-state index contributed by atoms with van der Waals surface area (Å²) in [6.07, 6.45) is 3.70. The van der Waals surface area contributed by atoms with Crippen LogP contribution in [-0.4, -0.2) is 25.5 Å². The third-order valence-electron chi connectivity index (χ3n) is 3.21. The molecule has 0 N–H and O–H groups in total. The maximum Gasteiger partial charge on any atom is 0.286 e. The Balaban J connectivity index is 1.60. The van der Waals surface area contributed by atoms with Crippen LogP contribution < -0.4 is 4.74 Å². The molecule has 0 bridgehead atoms. The number of para-hydroxylation sites is 1. The second-order valence-electron chi connectivity index (χ2n) is 4.63. The van der Waals surface area contributed by atoms with E-state index in [2.05, 4.69) is 0 Å². The van der Waals surface area contributed by atoms with Crippen LogP contribution in [0.2, 0.25) is 0 Å². The summed E-state index contributed by atoms with van der Waals surface area (Å²) in [5.74, 6) is -0.0765. The average molecular weight is 250 g/mol. The molecule has 2 aliphatic rings. The van der Waals surface area contributed by atoms with Gasteiger partial charge in [0.05, 0.1) is 6.61 Å². The lowest BCUT2D eigenvalue weighted by Gasteiger charge is -2.25. The van der Waals surface area contributed by atoms with E-state index in [0.717, 1.165) is 25.0 Å². The van der Waals surface area contributed by atoms with Gasteiger partial charge in [-0.3, -0.25) is 4.74 Å². The highest BCUT2D eigenvalue weighted by molar-refractivity contribution is 5.21. The Bertz CT molecular complexity index is 371. The van der Waals surface area contributed by atoms with Crippen molar-refractivity contribution in [3.8, 4) is 5.75 Å². The van der Waals surface area contributed by atoms with Gasteiger partial charge < -0.3 is 14.2 Å². The Morgan fingerprint density at radius 2 is 1.94 bits per heavy atom. The van der Waals surface area contributed by atoms with Crippen LogP contribution >= 0.6 is 0 Å². The zero-order valence-corrected chi connectivity index (χ0v) is 10.3. The van der Waals surface area contributed by atoms with Crippen LogP contribution in [0.1, 0.15) is 25.7 Å². The molecule has 2 aliphatic heterocycles. The van der Waals surface area contributed by atoms with Crippen molar-refractivity contribution in [3.05, 3.63) is 30.3 Å². The first-order chi connectivity index (χ1) is 8.86. The second kappa shape index (κ2) is 5.26. The van der Waals surface area contributed by atoms with Gasteiger partial charge in [0.25, 0.3) is 5.97 Å². The molecule has 2 heterocycles. The van der Waals surface area contributed by atoms with Crippen molar-refractivity contribution >= 4 is 0 Å². The summed E-state index contributed by atoms with van der Waals surface area (Å²) in [6.45, 7) is 1.10. The van der Waals surface area contributed by atoms with E-state index >= 15 is 0 Å². The monoisotopic (exact) mass is 250 g/mol. The lowest BCUT2D eigenvalue weighted by atomic mass is 10.2. The van der Waals surface area contributed by atoms with E-state index in [1.54, 1.807) is 0 Å². The summed E-state index contributed by atoms with van der Waals surface area (Å²) < 4.78 is 22.9. The van der Waals surface area contributed by atoms with Crippen molar-refractivity contribution < 1.29 is 18.9 Å². The minimum atomic E-state index is -0.865. The molecule has 4 nitrogen and oxygen atoms in total. The van der Waals surface area contributed by atoms with Gasteiger partial charge in [0.15, 0.2) is 0 Å². The molecule has 1 aromatic rings. The Kier molecular flexibility index (Phi) is 3.50. The summed E-state index contributed by atoms with van der Waals surface area (Å²) in [4.78, 5) is 0. The molecule has 4 heteroatoms. The molecule has 1 spiro atoms. The lowest BCUT2D eigenvalue weighted by molar-refractivity contribution is -0.345. The fraction of sp³-hybridized carbons (Fsp3) is 0.571. The van der Waals surface area contributed by atoms with Gasteiger partial charge in [-0.1, -0.05) is 24.6 Å². The zero-order valence-electron chi connectivity index (χ0n) is 10.3. The predicted molar refractivity (Wildman–Crippen MR) is 65.0 cm³/mol. The van der Waals surface area contributed by atoms with Crippen LogP contribution in [-0.2, 0) is 14.2 Å². The van der Waals surface area contributed by atoms with Crippen molar-refractivity contribution in [3.63, 3.8) is 0 Å². The molecule has 0 radical (unpaired) electrons. The first-order valence-electron chi connectivity index (χ1n) is 6.54. The first-order valence-corrected chi connectivity index (χ1v) is 6.54. The molecule has 1 aromatic carbocycles. The fourth-order valence-electron chi connectivity index (χ4n) is 2.30. The molecule has 3 rings (SSSR count). The summed E-state index contributed by atoms with van der Waals surface area (Å²) >= 11 is 0. The third kappa shape index (κ3) is 2.66. The van der Waals surface area contributed by atoms with Gasteiger partial charge in [-0.2, -0.15) is 0 Å². The number of ether oxygens (including phenoxy) is 4. The van der Waals surface area contributed by atoms with Crippen LogP contribution in [0.3, 0.4) is 0 Å². The topological polar surface area (TPSA) is 36.9 Å². The predicted octanol–water partition coefficient (Wildman–Crippen LogP) is 2.68. The first kappa shape index (κ1) is 12.0. The number of benzene rings is 1. The average Bonchev–Trinajstić information content (AvgIpc) is 2.64. The Labute approximate surface area is 107 Å². The summed E-state index contributed by atoms with van der Waals surface area (Å²) in [7, 11) is 0. The van der Waals surface area contributed by atoms with Gasteiger partial charge in [-0.25, -0.2) is 0 Å². The summed E-state index contributed by atoms with van der Waals surface area (Å²) in [5.41, 5.74) is 0. The molecule has 18 heavy (non-hydrogen) atoms. The molecular weight excluding hydrogens is 232 g/mol. The standard InChI is InChI=1S/C14H18O4/c1-3-7-12(8-4-1)17-13-11-16-14(18-13)9-5-2-6-10-15-14/h1,3-4,7-8,13H,2,5-6,9-11H2. The normalized spacial score (nSPS) is 32.3. The number of hydrogen-bond acceptors (Lipinski definition) is 4. The molecule has 0 amide bonds. The molecular formula is C14H18O4. The van der Waals surface area contributed by atoms with Crippen molar-refractivity contribution in [2.75, 3.05) is 13.2 Å². The highest BCUT2D eigenvalue weighted by Crippen LogP contribution is 2.33. The van der Waals surface area contributed by atoms with E-state index in [4.69, 9.17) is 18.9 Å². The second-order valence-corrected chi connectivity index (χ2v) is 4.63. The van der Waals surface area contributed by atoms with Crippen LogP contribution in [0.25, 0.3) is 0 Å². The largest absolute Gasteiger partial charge is 0.462 e. The molecule has 98 valence electrons. The van der Waals surface area contributed by atoms with Gasteiger partial charge in [0.1, 0.15) is 12.4 Å². The van der Waals surface area contributed by atoms with Crippen molar-refractivity contribution in [1.82, 2.24) is 0 Å². The smallest absolute Gasteiger partial charge is 0.286 e. The number of hydrogen-bond donors (Lipinski definition) is 0. The van der Waals surface area contributed by atoms with E-state index < -0.39 is 5.97 Å². The minimum absolute atomic E-state index is 0.384. The van der Waals surface area contributed by atoms with Gasteiger partial charge in [0, 0.05) is 6.42 Å². The van der Waals surface area contributed by atoms with Gasteiger partial charge in [-0.05, 0) is 25.0 Å². The van der Waals surface area contributed by atoms with E-state index in [1.165, 1.54) is 6.42 Å². The van der Waals surface area contributed by atoms with Crippen molar-refractivity contribution in [2.24, 2.45) is 0 Å². The highest BCUT2D eigenvalue weighted by atomic mass is 16.9. The highest BCUT2D eigenvalue weighted by Gasteiger charge is 2.44. The lowest BCUT2D eigenvalue weighted by Crippen LogP contribution is -2.34. The molecule has 0 aliphatic carbocycles. The minimum Gasteiger partial charge on any atom is -0.462 e. The quantitative estimate of drug-likeness (QED) is 0.808. The van der Waals surface area contributed by atoms with Gasteiger partial charge >= 0.3 is 0 Å². The number of rotatable bonds is 2. The molecule has 2 atom stereocenters. The van der Waals surface area contributed by atoms with Crippen LogP contribution in [0.15, 0.2) is 30.3 Å². The molecule has 2 saturated heterocycles. The summed E-state index contributed by atoms with van der Waals surface area (Å²) in [5, 5.41) is 0. The Hall–Kier alpha value is -1.10. The zero-order chi connectivity index (χ0) is 12.3. The Morgan fingerprint density at radius 3 is 2.83 bits per heavy atom. The Morgan fingerprint density at radius 1 is 1.06 bits per heavy atom. The molecule has 0 aromatic heterocycles. The van der Waals surface area contributed by atoms with E-state index in [9.17, 15) is 0 Å². The van der Waals surface area contributed by atoms with Crippen LogP contribution in [0, 0.1) is 0 Å². The van der Waals surface area contributed by atoms with Crippen molar-refractivity contribution in [1.29, 1.82) is 0 Å². The van der Waals surface area contributed by atoms with E-state index in [-0.39, 0.29) is 6.29 Å². The van der Waals surface area contributed by atoms with Gasteiger partial charge in [0.2, 0.25) is 6.29 Å². The molecule has 0 saturated carbocycles.